The van der Waals surface area contributed by atoms with E-state index in [1.54, 1.807) is 4.90 Å². The molecule has 6 nitrogen and oxygen atoms in total. The zero-order valence-electron chi connectivity index (χ0n) is 23.3. The van der Waals surface area contributed by atoms with Crippen LogP contribution in [0.15, 0.2) is 36.4 Å². The number of nitrogens with one attached hydrogen (secondary N) is 1. The van der Waals surface area contributed by atoms with E-state index < -0.39 is 11.6 Å². The lowest BCUT2D eigenvalue weighted by Crippen LogP contribution is -2.40. The van der Waals surface area contributed by atoms with E-state index in [2.05, 4.69) is 28.5 Å². The Morgan fingerprint density at radius 3 is 2.21 bits per heavy atom. The zero-order chi connectivity index (χ0) is 28.3. The number of nitrogens with zero attached hydrogens (tertiary/aromatic N) is 3. The fraction of sp³-hybridized carbons (Fsp3) is 0.419. The quantitative estimate of drug-likeness (QED) is 0.423. The summed E-state index contributed by atoms with van der Waals surface area (Å²) in [4.78, 5) is 37.5. The van der Waals surface area contributed by atoms with Crippen LogP contribution < -0.4 is 5.32 Å². The first-order valence-electron chi connectivity index (χ1n) is 13.5. The van der Waals surface area contributed by atoms with Crippen LogP contribution in [0.4, 0.5) is 8.78 Å². The van der Waals surface area contributed by atoms with E-state index in [0.29, 0.717) is 55.3 Å². The Kier molecular flexibility index (Phi) is 8.73. The summed E-state index contributed by atoms with van der Waals surface area (Å²) in [5, 5.41) is 3.07. The monoisotopic (exact) mass is 534 g/mol. The number of halogens is 2. The molecular weight excluding hydrogens is 498 g/mol. The number of aromatic nitrogens is 2. The molecule has 8 heteroatoms. The smallest absolute Gasteiger partial charge is 0.255 e. The van der Waals surface area contributed by atoms with Crippen LogP contribution in [0.2, 0.25) is 0 Å². The molecule has 2 heterocycles. The summed E-state index contributed by atoms with van der Waals surface area (Å²) in [5.74, 6) is -1.37. The lowest BCUT2D eigenvalue weighted by atomic mass is 9.87. The van der Waals surface area contributed by atoms with Gasteiger partial charge in [-0.2, -0.15) is 0 Å². The van der Waals surface area contributed by atoms with Gasteiger partial charge in [0.25, 0.3) is 5.91 Å². The maximum absolute atomic E-state index is 14.1. The van der Waals surface area contributed by atoms with E-state index in [0.717, 1.165) is 28.8 Å². The first-order chi connectivity index (χ1) is 18.5. The molecule has 4 rings (SSSR count). The molecule has 2 amide bonds. The second kappa shape index (κ2) is 12.0. The summed E-state index contributed by atoms with van der Waals surface area (Å²) in [6.45, 7) is 11.1. The highest BCUT2D eigenvalue weighted by Gasteiger charge is 2.31. The second-order valence-electron chi connectivity index (χ2n) is 10.8. The highest BCUT2D eigenvalue weighted by Crippen LogP contribution is 2.32. The Morgan fingerprint density at radius 1 is 1.00 bits per heavy atom. The summed E-state index contributed by atoms with van der Waals surface area (Å²) >= 11 is 0. The van der Waals surface area contributed by atoms with E-state index in [-0.39, 0.29) is 35.6 Å². The normalized spacial score (nSPS) is 14.1. The Balaban J connectivity index is 1.52. The fourth-order valence-electron chi connectivity index (χ4n) is 5.37. The third-order valence-electron chi connectivity index (χ3n) is 7.21. The number of likely N-dealkylation sites (tertiary alicyclic amines) is 1. The third kappa shape index (κ3) is 6.67. The molecule has 0 unspecified atom stereocenters. The van der Waals surface area contributed by atoms with Gasteiger partial charge in [0.1, 0.15) is 17.5 Å². The van der Waals surface area contributed by atoms with Crippen LogP contribution in [0.25, 0.3) is 0 Å². The van der Waals surface area contributed by atoms with Crippen LogP contribution in [0.3, 0.4) is 0 Å². The first-order valence-corrected chi connectivity index (χ1v) is 13.5. The summed E-state index contributed by atoms with van der Waals surface area (Å²) in [7, 11) is 0. The lowest BCUT2D eigenvalue weighted by molar-refractivity contribution is -0.131. The summed E-state index contributed by atoms with van der Waals surface area (Å²) < 4.78 is 28.1. The maximum atomic E-state index is 14.1. The summed E-state index contributed by atoms with van der Waals surface area (Å²) in [6.07, 6.45) is 0.868. The molecule has 0 radical (unpaired) electrons. The molecule has 1 saturated heterocycles. The predicted molar refractivity (Wildman–Crippen MR) is 147 cm³/mol. The van der Waals surface area contributed by atoms with Gasteiger partial charge in [0, 0.05) is 31.1 Å². The number of carbonyl (C=O) groups excluding carboxylic acids is 2. The molecule has 39 heavy (non-hydrogen) atoms. The molecule has 0 aliphatic carbocycles. The molecule has 206 valence electrons. The van der Waals surface area contributed by atoms with Gasteiger partial charge in [0.05, 0.1) is 23.4 Å². The van der Waals surface area contributed by atoms with Gasteiger partial charge < -0.3 is 10.2 Å². The topological polar surface area (TPSA) is 75.2 Å². The lowest BCUT2D eigenvalue weighted by Gasteiger charge is -2.33. The van der Waals surface area contributed by atoms with Crippen molar-refractivity contribution in [1.82, 2.24) is 20.2 Å². The minimum absolute atomic E-state index is 0.0183. The number of hydrogen-bond acceptors (Lipinski definition) is 4. The number of aryl methyl sites for hydroxylation is 3. The van der Waals surface area contributed by atoms with Gasteiger partial charge in [-0.3, -0.25) is 9.59 Å². The standard InChI is InChI=1S/C31H36F2N4O2/c1-18(2)29-28(31(39)34-17-22-14-19(3)13-20(4)15-22)30(36-21(5)35-29)23-9-11-37(12-10-23)27(38)16-24-25(32)7-6-8-26(24)33/h6-8,13-15,18,23H,9-12,16-17H2,1-5H3,(H,34,39). The van der Waals surface area contributed by atoms with Gasteiger partial charge in [0.15, 0.2) is 0 Å². The Bertz CT molecular complexity index is 1340. The van der Waals surface area contributed by atoms with Crippen molar-refractivity contribution in [2.45, 2.75) is 72.3 Å². The Labute approximate surface area is 228 Å². The maximum Gasteiger partial charge on any atom is 0.255 e. The van der Waals surface area contributed by atoms with Gasteiger partial charge in [-0.05, 0) is 57.2 Å². The van der Waals surface area contributed by atoms with Crippen molar-refractivity contribution in [2.75, 3.05) is 13.1 Å². The first kappa shape index (κ1) is 28.3. The minimum Gasteiger partial charge on any atom is -0.348 e. The second-order valence-corrected chi connectivity index (χ2v) is 10.8. The van der Waals surface area contributed by atoms with E-state index in [1.807, 2.05) is 34.6 Å². The van der Waals surface area contributed by atoms with Crippen LogP contribution in [-0.4, -0.2) is 39.8 Å². The van der Waals surface area contributed by atoms with Crippen molar-refractivity contribution in [3.05, 3.63) is 93.1 Å². The highest BCUT2D eigenvalue weighted by molar-refractivity contribution is 5.96. The fourth-order valence-corrected chi connectivity index (χ4v) is 5.37. The van der Waals surface area contributed by atoms with Gasteiger partial charge in [-0.1, -0.05) is 49.2 Å². The van der Waals surface area contributed by atoms with Crippen LogP contribution in [0, 0.1) is 32.4 Å². The molecule has 1 aromatic heterocycles. The molecule has 0 spiro atoms. The van der Waals surface area contributed by atoms with Crippen molar-refractivity contribution in [2.24, 2.45) is 0 Å². The number of amides is 2. The van der Waals surface area contributed by atoms with E-state index in [9.17, 15) is 18.4 Å². The van der Waals surface area contributed by atoms with Gasteiger partial charge >= 0.3 is 0 Å². The van der Waals surface area contributed by atoms with Crippen molar-refractivity contribution in [3.8, 4) is 0 Å². The SMILES string of the molecule is Cc1cc(C)cc(CNC(=O)c2c(C(C)C)nc(C)nc2C2CCN(C(=O)Cc3c(F)cccc3F)CC2)c1. The molecule has 1 aliphatic heterocycles. The van der Waals surface area contributed by atoms with Crippen molar-refractivity contribution >= 4 is 11.8 Å². The van der Waals surface area contributed by atoms with Crippen molar-refractivity contribution in [3.63, 3.8) is 0 Å². The molecular formula is C31H36F2N4O2. The average molecular weight is 535 g/mol. The number of rotatable bonds is 7. The minimum atomic E-state index is -0.715. The van der Waals surface area contributed by atoms with E-state index in [1.165, 1.54) is 6.07 Å². The molecule has 1 fully saturated rings. The summed E-state index contributed by atoms with van der Waals surface area (Å²) in [6, 6.07) is 9.82. The van der Waals surface area contributed by atoms with Gasteiger partial charge in [0.2, 0.25) is 5.91 Å². The molecule has 3 aromatic rings. The van der Waals surface area contributed by atoms with Crippen molar-refractivity contribution < 1.29 is 18.4 Å². The predicted octanol–water partition coefficient (Wildman–Crippen LogP) is 5.68. The number of benzene rings is 2. The molecule has 0 bridgehead atoms. The van der Waals surface area contributed by atoms with Crippen LogP contribution in [0.5, 0.6) is 0 Å². The molecule has 2 aromatic carbocycles. The van der Waals surface area contributed by atoms with E-state index >= 15 is 0 Å². The molecule has 0 saturated carbocycles. The largest absolute Gasteiger partial charge is 0.348 e. The molecule has 1 N–H and O–H groups in total. The van der Waals surface area contributed by atoms with Crippen LogP contribution >= 0.6 is 0 Å². The van der Waals surface area contributed by atoms with Crippen LogP contribution in [0.1, 0.15) is 88.3 Å². The Morgan fingerprint density at radius 2 is 1.62 bits per heavy atom. The third-order valence-corrected chi connectivity index (χ3v) is 7.21. The van der Waals surface area contributed by atoms with Gasteiger partial charge in [-0.25, -0.2) is 18.7 Å². The summed E-state index contributed by atoms with van der Waals surface area (Å²) in [5.41, 5.74) is 5.03. The highest BCUT2D eigenvalue weighted by atomic mass is 19.1. The average Bonchev–Trinajstić information content (AvgIpc) is 2.88. The Hall–Kier alpha value is -3.68. The van der Waals surface area contributed by atoms with Gasteiger partial charge in [-0.15, -0.1) is 0 Å². The van der Waals surface area contributed by atoms with Crippen molar-refractivity contribution in [1.29, 1.82) is 0 Å². The number of hydrogen-bond donors (Lipinski definition) is 1. The number of piperidine rings is 1. The van der Waals surface area contributed by atoms with Crippen LogP contribution in [-0.2, 0) is 17.8 Å². The van der Waals surface area contributed by atoms with E-state index in [4.69, 9.17) is 4.98 Å². The zero-order valence-corrected chi connectivity index (χ0v) is 23.3. The molecule has 1 aliphatic rings. The molecule has 0 atom stereocenters. The number of carbonyl (C=O) groups is 2.